The van der Waals surface area contributed by atoms with E-state index in [2.05, 4.69) is 46.9 Å². The predicted molar refractivity (Wildman–Crippen MR) is 116 cm³/mol. The van der Waals surface area contributed by atoms with E-state index in [1.165, 1.54) is 80.9 Å². The Kier molecular flexibility index (Phi) is 16.3. The SMILES string of the molecule is CC1=CC(C)([N-]C2CCCCCCCCCCC2=[Si](C)C)C(C)=C1C.[Cl-].[Cl-].[Ti+3]. The summed E-state index contributed by atoms with van der Waals surface area (Å²) in [6, 6.07) is 0.484. The third-order valence-electron chi connectivity index (χ3n) is 6.55. The summed E-state index contributed by atoms with van der Waals surface area (Å²) in [5, 5.41) is 7.35. The predicted octanol–water partition coefficient (Wildman–Crippen LogP) is 1.21. The molecule has 0 aromatic carbocycles. The van der Waals surface area contributed by atoms with Gasteiger partial charge in [-0.15, -0.1) is 11.2 Å². The molecule has 2 rings (SSSR count). The molecule has 1 saturated carbocycles. The minimum atomic E-state index is -0.396. The van der Waals surface area contributed by atoms with Gasteiger partial charge in [0.25, 0.3) is 0 Å². The van der Waals surface area contributed by atoms with Crippen LogP contribution in [0.3, 0.4) is 0 Å². The van der Waals surface area contributed by atoms with E-state index in [9.17, 15) is 0 Å². The normalized spacial score (nSPS) is 26.7. The monoisotopic (exact) mass is 476 g/mol. The fraction of sp³-hybridized carbons (Fsp3) is 0.783. The molecule has 0 aromatic rings. The van der Waals surface area contributed by atoms with Gasteiger partial charge in [0, 0.05) is 8.41 Å². The quantitative estimate of drug-likeness (QED) is 0.532. The Labute approximate surface area is 203 Å². The van der Waals surface area contributed by atoms with Crippen LogP contribution in [0.5, 0.6) is 0 Å². The van der Waals surface area contributed by atoms with E-state index < -0.39 is 8.41 Å². The fourth-order valence-corrected chi connectivity index (χ4v) is 6.10. The zero-order valence-electron chi connectivity index (χ0n) is 18.9. The van der Waals surface area contributed by atoms with Crippen LogP contribution in [0.1, 0.15) is 91.9 Å². The Hall–Kier alpha value is 0.821. The molecule has 28 heavy (non-hydrogen) atoms. The molecule has 0 saturated heterocycles. The largest absolute Gasteiger partial charge is 3.00 e. The molecule has 159 valence electrons. The smallest absolute Gasteiger partial charge is 1.00 e. The first-order valence-electron chi connectivity index (χ1n) is 10.6. The van der Waals surface area contributed by atoms with Crippen LogP contribution in [0.25, 0.3) is 5.32 Å². The van der Waals surface area contributed by atoms with Crippen molar-refractivity contribution in [3.63, 3.8) is 0 Å². The minimum Gasteiger partial charge on any atom is -1.00 e. The molecule has 5 heteroatoms. The van der Waals surface area contributed by atoms with Crippen molar-refractivity contribution in [2.24, 2.45) is 0 Å². The van der Waals surface area contributed by atoms with E-state index >= 15 is 0 Å². The van der Waals surface area contributed by atoms with Crippen LogP contribution < -0.4 is 24.8 Å². The summed E-state index contributed by atoms with van der Waals surface area (Å²) in [6.07, 6.45) is 16.3. The van der Waals surface area contributed by atoms with Crippen molar-refractivity contribution in [1.29, 1.82) is 0 Å². The third kappa shape index (κ3) is 8.52. The van der Waals surface area contributed by atoms with E-state index in [4.69, 9.17) is 5.32 Å². The molecule has 0 spiro atoms. The van der Waals surface area contributed by atoms with Crippen molar-refractivity contribution in [2.45, 2.75) is 117 Å². The second-order valence-corrected chi connectivity index (χ2v) is 11.4. The van der Waals surface area contributed by atoms with E-state index in [0.29, 0.717) is 6.04 Å². The Bertz CT molecular complexity index is 567. The molecule has 1 radical (unpaired) electrons. The number of nitrogens with zero attached hydrogens (tertiary/aromatic N) is 1. The first-order valence-corrected chi connectivity index (χ1v) is 13.1. The van der Waals surface area contributed by atoms with Crippen LogP contribution in [0.15, 0.2) is 22.8 Å². The summed E-state index contributed by atoms with van der Waals surface area (Å²) in [5.41, 5.74) is 4.28. The number of halogens is 2. The molecular weight excluding hydrogens is 437 g/mol. The molecule has 0 amide bonds. The molecule has 1 fully saturated rings. The van der Waals surface area contributed by atoms with Gasteiger partial charge in [0.1, 0.15) is 0 Å². The first kappa shape index (κ1) is 31.0. The molecule has 2 aliphatic carbocycles. The summed E-state index contributed by atoms with van der Waals surface area (Å²) >= 11 is 0. The molecule has 0 N–H and O–H groups in total. The van der Waals surface area contributed by atoms with Gasteiger partial charge in [0.15, 0.2) is 0 Å². The molecule has 0 bridgehead atoms. The summed E-state index contributed by atoms with van der Waals surface area (Å²) in [4.78, 5) is 0. The summed E-state index contributed by atoms with van der Waals surface area (Å²) in [6.45, 7) is 14.1. The Balaban J connectivity index is 0. The Morgan fingerprint density at radius 1 is 0.893 bits per heavy atom. The van der Waals surface area contributed by atoms with Crippen LogP contribution in [-0.4, -0.2) is 25.2 Å². The molecule has 2 atom stereocenters. The second-order valence-electron chi connectivity index (χ2n) is 8.76. The molecular formula is C23H40Cl2NSiTi. The van der Waals surface area contributed by atoms with Gasteiger partial charge in [-0.1, -0.05) is 99.7 Å². The number of allylic oxidation sites excluding steroid dienone is 2. The molecule has 0 aromatic heterocycles. The molecule has 2 aliphatic rings. The van der Waals surface area contributed by atoms with Crippen LogP contribution in [0, 0.1) is 0 Å². The maximum absolute atomic E-state index is 5.53. The van der Waals surface area contributed by atoms with Gasteiger partial charge in [0.05, 0.1) is 0 Å². The Morgan fingerprint density at radius 3 is 1.86 bits per heavy atom. The van der Waals surface area contributed by atoms with E-state index in [-0.39, 0.29) is 52.1 Å². The van der Waals surface area contributed by atoms with Gasteiger partial charge >= 0.3 is 21.7 Å². The summed E-state index contributed by atoms with van der Waals surface area (Å²) in [7, 11) is -0.396. The summed E-state index contributed by atoms with van der Waals surface area (Å²) in [5.74, 6) is 0. The van der Waals surface area contributed by atoms with E-state index in [1.807, 2.05) is 5.17 Å². The molecule has 2 unspecified atom stereocenters. The summed E-state index contributed by atoms with van der Waals surface area (Å²) < 4.78 is 0. The van der Waals surface area contributed by atoms with Crippen molar-refractivity contribution < 1.29 is 46.5 Å². The molecule has 1 nitrogen and oxygen atoms in total. The van der Waals surface area contributed by atoms with Gasteiger partial charge in [-0.05, 0) is 33.6 Å². The maximum Gasteiger partial charge on any atom is 3.00 e. The number of hydrogen-bond acceptors (Lipinski definition) is 0. The van der Waals surface area contributed by atoms with E-state index in [1.54, 1.807) is 0 Å². The van der Waals surface area contributed by atoms with Gasteiger partial charge < -0.3 is 30.1 Å². The fourth-order valence-electron chi connectivity index (χ4n) is 4.55. The minimum absolute atomic E-state index is 0. The maximum atomic E-state index is 5.53. The Morgan fingerprint density at radius 2 is 1.39 bits per heavy atom. The van der Waals surface area contributed by atoms with Gasteiger partial charge in [0.2, 0.25) is 0 Å². The van der Waals surface area contributed by atoms with Crippen molar-refractivity contribution in [1.82, 2.24) is 0 Å². The van der Waals surface area contributed by atoms with Crippen molar-refractivity contribution in [3.8, 4) is 0 Å². The molecule has 0 heterocycles. The van der Waals surface area contributed by atoms with Crippen molar-refractivity contribution in [2.75, 3.05) is 0 Å². The number of hydrogen-bond donors (Lipinski definition) is 0. The van der Waals surface area contributed by atoms with Crippen LogP contribution in [-0.2, 0) is 21.7 Å². The molecule has 0 aliphatic heterocycles. The topological polar surface area (TPSA) is 14.1 Å². The van der Waals surface area contributed by atoms with Crippen LogP contribution in [0.4, 0.5) is 0 Å². The average molecular weight is 477 g/mol. The van der Waals surface area contributed by atoms with Gasteiger partial charge in [-0.2, -0.15) is 0 Å². The zero-order valence-corrected chi connectivity index (χ0v) is 23.0. The van der Waals surface area contributed by atoms with E-state index in [0.717, 1.165) is 0 Å². The number of rotatable bonds is 2. The standard InChI is InChI=1S/C23H40NSi.2ClH.Ti/c1-18-17-23(4,20(3)19(18)2)24-21-15-13-11-9-7-8-10-12-14-16-22(21)25(5)6;;;/h17,21H,7-16H2,1-6H3;2*1H;/q-1;;;+3/p-2. The second kappa shape index (κ2) is 14.8. The first-order chi connectivity index (χ1) is 11.8. The van der Waals surface area contributed by atoms with Gasteiger partial charge in [-0.25, -0.2) is 0 Å². The van der Waals surface area contributed by atoms with Crippen molar-refractivity contribution in [3.05, 3.63) is 28.1 Å². The average Bonchev–Trinajstić information content (AvgIpc) is 2.73. The third-order valence-corrected chi connectivity index (χ3v) is 8.42. The zero-order chi connectivity index (χ0) is 18.4. The van der Waals surface area contributed by atoms with Gasteiger partial charge in [-0.3, -0.25) is 0 Å². The van der Waals surface area contributed by atoms with Crippen molar-refractivity contribution >= 4 is 13.6 Å². The van der Waals surface area contributed by atoms with Crippen LogP contribution in [0.2, 0.25) is 13.1 Å². The van der Waals surface area contributed by atoms with Crippen LogP contribution >= 0.6 is 0 Å².